The Morgan fingerprint density at radius 3 is 1.81 bits per heavy atom. The summed E-state index contributed by atoms with van der Waals surface area (Å²) in [6, 6.07) is 0. The molecule has 0 aromatic heterocycles. The van der Waals surface area contributed by atoms with Gasteiger partial charge < -0.3 is 0 Å². The molecule has 1 heteroatoms. The number of hydrogen-bond donors (Lipinski definition) is 0. The zero-order valence-electron chi connectivity index (χ0n) is 11.5. The van der Waals surface area contributed by atoms with Gasteiger partial charge in [-0.1, -0.05) is 80.2 Å². The third-order valence-corrected chi connectivity index (χ3v) is 3.76. The van der Waals surface area contributed by atoms with Gasteiger partial charge in [0.2, 0.25) is 0 Å². The number of rotatable bonds is 5. The molecule has 0 aromatic carbocycles. The molecular formula is C15H25I. The Kier molecular flexibility index (Phi) is 7.29. The highest BCUT2D eigenvalue weighted by Gasteiger charge is 2.06. The summed E-state index contributed by atoms with van der Waals surface area (Å²) in [7, 11) is 0. The minimum absolute atomic E-state index is 0.527. The maximum atomic E-state index is 4.12. The Balaban J connectivity index is 5.04. The van der Waals surface area contributed by atoms with E-state index in [9.17, 15) is 0 Å². The molecule has 0 N–H and O–H groups in total. The molecule has 0 saturated carbocycles. The lowest BCUT2D eigenvalue weighted by molar-refractivity contribution is 0.764. The van der Waals surface area contributed by atoms with Crippen LogP contribution in [0, 0.1) is 11.8 Å². The first-order valence-corrected chi connectivity index (χ1v) is 7.22. The molecule has 0 saturated heterocycles. The molecule has 0 heterocycles. The standard InChI is InChI=1S/C15H25I/c1-10(2)12(5)8-15(11(3)4)9-13(6)14(7)16/h8-11,14H,5H2,1-4,6-7H3/b13-9+,15-8+. The van der Waals surface area contributed by atoms with Crippen molar-refractivity contribution in [2.75, 3.05) is 0 Å². The summed E-state index contributed by atoms with van der Waals surface area (Å²) in [5.74, 6) is 1.08. The van der Waals surface area contributed by atoms with Crippen molar-refractivity contribution in [1.29, 1.82) is 0 Å². The second-order valence-corrected chi connectivity index (χ2v) is 6.90. The van der Waals surface area contributed by atoms with Crippen LogP contribution in [0.25, 0.3) is 0 Å². The van der Waals surface area contributed by atoms with Crippen molar-refractivity contribution in [3.8, 4) is 0 Å². The van der Waals surface area contributed by atoms with E-state index in [0.29, 0.717) is 15.8 Å². The highest BCUT2D eigenvalue weighted by molar-refractivity contribution is 14.1. The lowest BCUT2D eigenvalue weighted by atomic mass is 9.94. The van der Waals surface area contributed by atoms with E-state index >= 15 is 0 Å². The van der Waals surface area contributed by atoms with E-state index in [0.717, 1.165) is 0 Å². The van der Waals surface area contributed by atoms with Gasteiger partial charge in [0.25, 0.3) is 0 Å². The third kappa shape index (κ3) is 5.88. The first-order valence-electron chi connectivity index (χ1n) is 5.98. The molecule has 0 amide bonds. The van der Waals surface area contributed by atoms with Gasteiger partial charge in [-0.15, -0.1) is 0 Å². The fourth-order valence-electron chi connectivity index (χ4n) is 1.13. The van der Waals surface area contributed by atoms with Crippen molar-refractivity contribution in [2.24, 2.45) is 11.8 Å². The van der Waals surface area contributed by atoms with E-state index in [-0.39, 0.29) is 0 Å². The van der Waals surface area contributed by atoms with Crippen LogP contribution >= 0.6 is 22.6 Å². The van der Waals surface area contributed by atoms with Crippen molar-refractivity contribution in [1.82, 2.24) is 0 Å². The average molecular weight is 332 g/mol. The molecule has 0 aliphatic carbocycles. The zero-order chi connectivity index (χ0) is 12.9. The van der Waals surface area contributed by atoms with E-state index in [1.165, 1.54) is 16.7 Å². The molecule has 0 rings (SSSR count). The Morgan fingerprint density at radius 2 is 1.50 bits per heavy atom. The molecule has 0 aliphatic heterocycles. The maximum Gasteiger partial charge on any atom is 0.0290 e. The zero-order valence-corrected chi connectivity index (χ0v) is 13.6. The summed E-state index contributed by atoms with van der Waals surface area (Å²) >= 11 is 2.45. The summed E-state index contributed by atoms with van der Waals surface area (Å²) in [5, 5.41) is 0. The third-order valence-electron chi connectivity index (χ3n) is 2.78. The molecule has 92 valence electrons. The molecule has 0 aromatic rings. The fourth-order valence-corrected chi connectivity index (χ4v) is 1.31. The van der Waals surface area contributed by atoms with Crippen molar-refractivity contribution in [2.45, 2.75) is 45.5 Å². The van der Waals surface area contributed by atoms with E-state index < -0.39 is 0 Å². The molecule has 1 atom stereocenters. The smallest absolute Gasteiger partial charge is 0.0290 e. The summed E-state index contributed by atoms with van der Waals surface area (Å²) in [5.41, 5.74) is 4.03. The van der Waals surface area contributed by atoms with Crippen LogP contribution in [-0.4, -0.2) is 3.92 Å². The van der Waals surface area contributed by atoms with E-state index in [1.54, 1.807) is 0 Å². The average Bonchev–Trinajstić information content (AvgIpc) is 2.15. The van der Waals surface area contributed by atoms with Crippen LogP contribution in [0.3, 0.4) is 0 Å². The van der Waals surface area contributed by atoms with Crippen molar-refractivity contribution >= 4 is 22.6 Å². The molecule has 0 spiro atoms. The van der Waals surface area contributed by atoms with Gasteiger partial charge in [0, 0.05) is 3.92 Å². The first-order chi connectivity index (χ1) is 7.25. The topological polar surface area (TPSA) is 0 Å². The van der Waals surface area contributed by atoms with Gasteiger partial charge in [-0.3, -0.25) is 0 Å². The molecule has 0 bridgehead atoms. The first kappa shape index (κ1) is 16.0. The van der Waals surface area contributed by atoms with Gasteiger partial charge in [0.05, 0.1) is 0 Å². The quantitative estimate of drug-likeness (QED) is 0.352. The normalized spacial score (nSPS) is 15.8. The summed E-state index contributed by atoms with van der Waals surface area (Å²) in [6.07, 6.45) is 4.56. The molecule has 0 radical (unpaired) electrons. The minimum Gasteiger partial charge on any atom is -0.0956 e. The highest BCUT2D eigenvalue weighted by atomic mass is 127. The van der Waals surface area contributed by atoms with Gasteiger partial charge in [-0.05, 0) is 31.3 Å². The van der Waals surface area contributed by atoms with Crippen LogP contribution in [0.15, 0.2) is 35.5 Å². The largest absolute Gasteiger partial charge is 0.0956 e. The number of hydrogen-bond acceptors (Lipinski definition) is 0. The van der Waals surface area contributed by atoms with Crippen LogP contribution < -0.4 is 0 Å². The van der Waals surface area contributed by atoms with E-state index in [4.69, 9.17) is 0 Å². The SMILES string of the molecule is C=C(/C=C(\C=C(/C)C(C)I)C(C)C)C(C)C. The highest BCUT2D eigenvalue weighted by Crippen LogP contribution is 2.21. The lowest BCUT2D eigenvalue weighted by Gasteiger charge is -2.13. The molecular weight excluding hydrogens is 307 g/mol. The van der Waals surface area contributed by atoms with Crippen LogP contribution in [0.4, 0.5) is 0 Å². The van der Waals surface area contributed by atoms with Gasteiger partial charge in [0.15, 0.2) is 0 Å². The minimum atomic E-state index is 0.527. The van der Waals surface area contributed by atoms with Gasteiger partial charge in [-0.2, -0.15) is 0 Å². The summed E-state index contributed by atoms with van der Waals surface area (Å²) in [6.45, 7) is 17.4. The second-order valence-electron chi connectivity index (χ2n) is 5.03. The lowest BCUT2D eigenvalue weighted by Crippen LogP contribution is -1.99. The fraction of sp³-hybridized carbons (Fsp3) is 0.600. The number of alkyl halides is 1. The number of allylic oxidation sites excluding steroid dienone is 5. The van der Waals surface area contributed by atoms with Crippen molar-refractivity contribution in [3.05, 3.63) is 35.5 Å². The van der Waals surface area contributed by atoms with Crippen molar-refractivity contribution < 1.29 is 0 Å². The second kappa shape index (κ2) is 7.31. The van der Waals surface area contributed by atoms with Crippen LogP contribution in [0.1, 0.15) is 41.5 Å². The Hall–Kier alpha value is -0.0500. The van der Waals surface area contributed by atoms with Crippen LogP contribution in [0.2, 0.25) is 0 Å². The van der Waals surface area contributed by atoms with Crippen molar-refractivity contribution in [3.63, 3.8) is 0 Å². The predicted octanol–water partition coefficient (Wildman–Crippen LogP) is 5.55. The van der Waals surface area contributed by atoms with E-state index in [2.05, 4.69) is 82.9 Å². The molecule has 16 heavy (non-hydrogen) atoms. The number of halogens is 1. The Bertz CT molecular complexity index is 291. The van der Waals surface area contributed by atoms with Crippen LogP contribution in [0.5, 0.6) is 0 Å². The maximum absolute atomic E-state index is 4.12. The Labute approximate surface area is 115 Å². The van der Waals surface area contributed by atoms with Gasteiger partial charge in [-0.25, -0.2) is 0 Å². The van der Waals surface area contributed by atoms with Gasteiger partial charge >= 0.3 is 0 Å². The van der Waals surface area contributed by atoms with Gasteiger partial charge in [0.1, 0.15) is 0 Å². The monoisotopic (exact) mass is 332 g/mol. The predicted molar refractivity (Wildman–Crippen MR) is 84.1 cm³/mol. The molecule has 1 unspecified atom stereocenters. The van der Waals surface area contributed by atoms with Crippen LogP contribution in [-0.2, 0) is 0 Å². The van der Waals surface area contributed by atoms with E-state index in [1.807, 2.05) is 0 Å². The molecule has 0 aliphatic rings. The molecule has 0 fully saturated rings. The summed E-state index contributed by atoms with van der Waals surface area (Å²) < 4.78 is 0.590. The molecule has 0 nitrogen and oxygen atoms in total. The summed E-state index contributed by atoms with van der Waals surface area (Å²) in [4.78, 5) is 0. The Morgan fingerprint density at radius 1 is 1.00 bits per heavy atom.